The summed E-state index contributed by atoms with van der Waals surface area (Å²) in [6.45, 7) is 4.35. The van der Waals surface area contributed by atoms with Gasteiger partial charge in [-0.25, -0.2) is 0 Å². The highest BCUT2D eigenvalue weighted by Crippen LogP contribution is 2.12. The minimum Gasteiger partial charge on any atom is -0.469 e. The molecule has 126 valence electrons. The van der Waals surface area contributed by atoms with Crippen LogP contribution < -0.4 is 0 Å². The predicted octanol–water partition coefficient (Wildman–Crippen LogP) is 2.51. The molecule has 5 heteroatoms. The first-order valence-corrected chi connectivity index (χ1v) is 8.29. The number of hydrogen-bond acceptors (Lipinski definition) is 3. The SMILES string of the molecule is Cc1ccc(C(=O)N2CCN(C(=O)CCc3ccco3)CC2)cc1. The van der Waals surface area contributed by atoms with E-state index in [-0.39, 0.29) is 11.8 Å². The maximum atomic E-state index is 12.5. The highest BCUT2D eigenvalue weighted by atomic mass is 16.3. The Balaban J connectivity index is 1.49. The van der Waals surface area contributed by atoms with Crippen molar-refractivity contribution < 1.29 is 14.0 Å². The Morgan fingerprint density at radius 1 is 1.00 bits per heavy atom. The number of carbonyl (C=O) groups excluding carboxylic acids is 2. The molecule has 2 amide bonds. The summed E-state index contributed by atoms with van der Waals surface area (Å²) in [7, 11) is 0. The monoisotopic (exact) mass is 326 g/mol. The Labute approximate surface area is 141 Å². The highest BCUT2D eigenvalue weighted by molar-refractivity contribution is 5.94. The zero-order valence-corrected chi connectivity index (χ0v) is 13.9. The van der Waals surface area contributed by atoms with Gasteiger partial charge in [0, 0.05) is 44.6 Å². The molecule has 2 aromatic rings. The quantitative estimate of drug-likeness (QED) is 0.867. The Bertz CT molecular complexity index is 684. The van der Waals surface area contributed by atoms with Gasteiger partial charge in [-0.3, -0.25) is 9.59 Å². The van der Waals surface area contributed by atoms with Crippen LogP contribution in [0.25, 0.3) is 0 Å². The van der Waals surface area contributed by atoms with Gasteiger partial charge in [0.05, 0.1) is 6.26 Å². The molecule has 24 heavy (non-hydrogen) atoms. The molecule has 1 aliphatic heterocycles. The Hall–Kier alpha value is -2.56. The van der Waals surface area contributed by atoms with Crippen molar-refractivity contribution in [2.24, 2.45) is 0 Å². The molecule has 0 saturated carbocycles. The zero-order valence-electron chi connectivity index (χ0n) is 13.9. The molecule has 0 atom stereocenters. The van der Waals surface area contributed by atoms with E-state index in [0.29, 0.717) is 44.6 Å². The normalized spacial score (nSPS) is 14.7. The minimum atomic E-state index is 0.0395. The van der Waals surface area contributed by atoms with E-state index in [1.54, 1.807) is 6.26 Å². The van der Waals surface area contributed by atoms with Crippen LogP contribution in [-0.4, -0.2) is 47.8 Å². The zero-order chi connectivity index (χ0) is 16.9. The largest absolute Gasteiger partial charge is 0.469 e. The van der Waals surface area contributed by atoms with Gasteiger partial charge in [0.15, 0.2) is 0 Å². The topological polar surface area (TPSA) is 53.8 Å². The van der Waals surface area contributed by atoms with E-state index in [1.165, 1.54) is 0 Å². The van der Waals surface area contributed by atoms with Crippen LogP contribution in [0, 0.1) is 6.92 Å². The Morgan fingerprint density at radius 3 is 2.29 bits per heavy atom. The minimum absolute atomic E-state index is 0.0395. The molecule has 1 fully saturated rings. The van der Waals surface area contributed by atoms with Crippen molar-refractivity contribution in [1.29, 1.82) is 0 Å². The van der Waals surface area contributed by atoms with Crippen molar-refractivity contribution in [3.63, 3.8) is 0 Å². The number of benzene rings is 1. The van der Waals surface area contributed by atoms with Gasteiger partial charge in [0.25, 0.3) is 5.91 Å². The number of rotatable bonds is 4. The second kappa shape index (κ2) is 7.34. The third-order valence-corrected chi connectivity index (χ3v) is 4.38. The molecule has 1 saturated heterocycles. The van der Waals surface area contributed by atoms with Crippen molar-refractivity contribution in [3.8, 4) is 0 Å². The Morgan fingerprint density at radius 2 is 1.67 bits per heavy atom. The lowest BCUT2D eigenvalue weighted by Gasteiger charge is -2.35. The summed E-state index contributed by atoms with van der Waals surface area (Å²) < 4.78 is 5.25. The molecular weight excluding hydrogens is 304 g/mol. The molecular formula is C19H22N2O3. The number of nitrogens with zero attached hydrogens (tertiary/aromatic N) is 2. The second-order valence-corrected chi connectivity index (χ2v) is 6.12. The van der Waals surface area contributed by atoms with E-state index in [9.17, 15) is 9.59 Å². The van der Waals surface area contributed by atoms with Gasteiger partial charge in [-0.15, -0.1) is 0 Å². The summed E-state index contributed by atoms with van der Waals surface area (Å²) in [5.74, 6) is 0.989. The number of hydrogen-bond donors (Lipinski definition) is 0. The lowest BCUT2D eigenvalue weighted by Crippen LogP contribution is -2.50. The van der Waals surface area contributed by atoms with Gasteiger partial charge < -0.3 is 14.2 Å². The summed E-state index contributed by atoms with van der Waals surface area (Å²) in [5, 5.41) is 0. The van der Waals surface area contributed by atoms with Gasteiger partial charge in [0.1, 0.15) is 5.76 Å². The maximum absolute atomic E-state index is 12.5. The predicted molar refractivity (Wildman–Crippen MR) is 90.7 cm³/mol. The van der Waals surface area contributed by atoms with E-state index in [1.807, 2.05) is 53.1 Å². The number of piperazine rings is 1. The first-order valence-electron chi connectivity index (χ1n) is 8.29. The fraction of sp³-hybridized carbons (Fsp3) is 0.368. The Kier molecular flexibility index (Phi) is 4.99. The lowest BCUT2D eigenvalue weighted by molar-refractivity contribution is -0.132. The first kappa shape index (κ1) is 16.3. The summed E-state index contributed by atoms with van der Waals surface area (Å²) in [6.07, 6.45) is 2.68. The van der Waals surface area contributed by atoms with Crippen molar-refractivity contribution in [1.82, 2.24) is 9.80 Å². The van der Waals surface area contributed by atoms with Gasteiger partial charge in [-0.2, -0.15) is 0 Å². The smallest absolute Gasteiger partial charge is 0.253 e. The van der Waals surface area contributed by atoms with Crippen LogP contribution in [-0.2, 0) is 11.2 Å². The second-order valence-electron chi connectivity index (χ2n) is 6.12. The molecule has 0 bridgehead atoms. The standard InChI is InChI=1S/C19H22N2O3/c1-15-4-6-16(7-5-15)19(23)21-12-10-20(11-13-21)18(22)9-8-17-3-2-14-24-17/h2-7,14H,8-13H2,1H3. The first-order chi connectivity index (χ1) is 11.6. The van der Waals surface area contributed by atoms with E-state index in [0.717, 1.165) is 11.3 Å². The summed E-state index contributed by atoms with van der Waals surface area (Å²) in [4.78, 5) is 28.4. The van der Waals surface area contributed by atoms with Crippen molar-refractivity contribution in [2.75, 3.05) is 26.2 Å². The summed E-state index contributed by atoms with van der Waals surface area (Å²) >= 11 is 0. The summed E-state index contributed by atoms with van der Waals surface area (Å²) in [6, 6.07) is 11.3. The van der Waals surface area contributed by atoms with Crippen LogP contribution in [0.1, 0.15) is 28.1 Å². The molecule has 0 unspecified atom stereocenters. The van der Waals surface area contributed by atoms with Crippen molar-refractivity contribution in [3.05, 3.63) is 59.5 Å². The number of amides is 2. The van der Waals surface area contributed by atoms with Crippen LogP contribution in [0.15, 0.2) is 47.1 Å². The van der Waals surface area contributed by atoms with Gasteiger partial charge >= 0.3 is 0 Å². The van der Waals surface area contributed by atoms with Crippen LogP contribution in [0.4, 0.5) is 0 Å². The molecule has 0 radical (unpaired) electrons. The van der Waals surface area contributed by atoms with Gasteiger partial charge in [0.2, 0.25) is 5.91 Å². The van der Waals surface area contributed by atoms with Crippen molar-refractivity contribution in [2.45, 2.75) is 19.8 Å². The lowest BCUT2D eigenvalue weighted by atomic mass is 10.1. The van der Waals surface area contributed by atoms with E-state index in [4.69, 9.17) is 4.42 Å². The van der Waals surface area contributed by atoms with Crippen LogP contribution in [0.5, 0.6) is 0 Å². The molecule has 1 aromatic carbocycles. The molecule has 1 aromatic heterocycles. The average Bonchev–Trinajstić information content (AvgIpc) is 3.13. The van der Waals surface area contributed by atoms with Crippen LogP contribution in [0.3, 0.4) is 0 Å². The number of carbonyl (C=O) groups is 2. The third-order valence-electron chi connectivity index (χ3n) is 4.38. The maximum Gasteiger partial charge on any atom is 0.253 e. The molecule has 3 rings (SSSR count). The average molecular weight is 326 g/mol. The molecule has 1 aliphatic rings. The third kappa shape index (κ3) is 3.85. The van der Waals surface area contributed by atoms with Crippen LogP contribution >= 0.6 is 0 Å². The van der Waals surface area contributed by atoms with E-state index < -0.39 is 0 Å². The molecule has 0 N–H and O–H groups in total. The molecule has 2 heterocycles. The molecule has 0 spiro atoms. The summed E-state index contributed by atoms with van der Waals surface area (Å²) in [5.41, 5.74) is 1.84. The van der Waals surface area contributed by atoms with Gasteiger partial charge in [-0.1, -0.05) is 17.7 Å². The molecule has 5 nitrogen and oxygen atoms in total. The van der Waals surface area contributed by atoms with Crippen LogP contribution in [0.2, 0.25) is 0 Å². The highest BCUT2D eigenvalue weighted by Gasteiger charge is 2.24. The van der Waals surface area contributed by atoms with Gasteiger partial charge in [-0.05, 0) is 31.2 Å². The molecule has 0 aliphatic carbocycles. The number of furan rings is 1. The number of aryl methyl sites for hydroxylation is 2. The van der Waals surface area contributed by atoms with E-state index >= 15 is 0 Å². The van der Waals surface area contributed by atoms with Crippen molar-refractivity contribution >= 4 is 11.8 Å². The fourth-order valence-corrected chi connectivity index (χ4v) is 2.88. The fourth-order valence-electron chi connectivity index (χ4n) is 2.88. The van der Waals surface area contributed by atoms with E-state index in [2.05, 4.69) is 0 Å².